The maximum absolute atomic E-state index is 5.83. The van der Waals surface area contributed by atoms with Gasteiger partial charge in [-0.15, -0.1) is 0 Å². The molecule has 1 saturated carbocycles. The van der Waals surface area contributed by atoms with E-state index in [2.05, 4.69) is 24.8 Å². The van der Waals surface area contributed by atoms with E-state index in [0.717, 1.165) is 29.7 Å². The zero-order valence-electron chi connectivity index (χ0n) is 10.9. The van der Waals surface area contributed by atoms with Crippen molar-refractivity contribution < 1.29 is 4.63 Å². The maximum atomic E-state index is 5.83. The molecule has 7 heteroatoms. The van der Waals surface area contributed by atoms with Crippen LogP contribution in [0.3, 0.4) is 0 Å². The summed E-state index contributed by atoms with van der Waals surface area (Å²) < 4.78 is 6.93. The molecule has 3 aromatic heterocycles. The number of anilines is 1. The van der Waals surface area contributed by atoms with Gasteiger partial charge in [-0.2, -0.15) is 0 Å². The molecule has 1 aliphatic rings. The second kappa shape index (κ2) is 4.29. The van der Waals surface area contributed by atoms with Gasteiger partial charge in [-0.05, 0) is 29.2 Å². The molecule has 0 atom stereocenters. The molecule has 0 aliphatic heterocycles. The molecule has 102 valence electrons. The second-order valence-electron chi connectivity index (χ2n) is 5.11. The van der Waals surface area contributed by atoms with E-state index in [0.29, 0.717) is 11.7 Å². The standard InChI is InChI=1S/C13H14N6O/c14-12-11(17-20-18-12)13-16-9-7-15-6-5-10(9)19(13)8-3-1-2-4-8/h5-8H,1-4H2,(H2,14,18). The Balaban J connectivity index is 1.99. The Labute approximate surface area is 114 Å². The van der Waals surface area contributed by atoms with Gasteiger partial charge in [0, 0.05) is 12.2 Å². The monoisotopic (exact) mass is 270 g/mol. The average Bonchev–Trinajstić information content (AvgIpc) is 3.15. The molecule has 0 aromatic carbocycles. The Hall–Kier alpha value is -2.44. The topological polar surface area (TPSA) is 95.7 Å². The van der Waals surface area contributed by atoms with Gasteiger partial charge in [-0.3, -0.25) is 4.98 Å². The van der Waals surface area contributed by atoms with Crippen LogP contribution in [-0.2, 0) is 0 Å². The lowest BCUT2D eigenvalue weighted by Gasteiger charge is -2.15. The smallest absolute Gasteiger partial charge is 0.199 e. The molecule has 1 fully saturated rings. The van der Waals surface area contributed by atoms with E-state index in [4.69, 9.17) is 10.4 Å². The SMILES string of the molecule is Nc1nonc1-c1nc2cnccc2n1C1CCCC1. The minimum atomic E-state index is 0.271. The van der Waals surface area contributed by atoms with E-state index in [-0.39, 0.29) is 5.82 Å². The summed E-state index contributed by atoms with van der Waals surface area (Å²) in [7, 11) is 0. The zero-order valence-corrected chi connectivity index (χ0v) is 10.9. The Bertz CT molecular complexity index is 755. The molecule has 3 aromatic rings. The zero-order chi connectivity index (χ0) is 13.5. The number of fused-ring (bicyclic) bond motifs is 1. The molecule has 4 rings (SSSR count). The summed E-state index contributed by atoms with van der Waals surface area (Å²) >= 11 is 0. The summed E-state index contributed by atoms with van der Waals surface area (Å²) in [6, 6.07) is 2.40. The molecule has 0 amide bonds. The Kier molecular flexibility index (Phi) is 2.45. The number of nitrogen functional groups attached to an aromatic ring is 1. The molecule has 0 bridgehead atoms. The number of pyridine rings is 1. The summed E-state index contributed by atoms with van der Waals surface area (Å²) in [5.74, 6) is 0.992. The first kappa shape index (κ1) is 11.4. The highest BCUT2D eigenvalue weighted by molar-refractivity contribution is 5.81. The number of imidazole rings is 1. The van der Waals surface area contributed by atoms with Crippen LogP contribution in [0.15, 0.2) is 23.1 Å². The molecule has 3 heterocycles. The van der Waals surface area contributed by atoms with Crippen LogP contribution in [0, 0.1) is 0 Å². The lowest BCUT2D eigenvalue weighted by molar-refractivity contribution is 0.310. The van der Waals surface area contributed by atoms with Crippen LogP contribution in [0.5, 0.6) is 0 Å². The largest absolute Gasteiger partial charge is 0.379 e. The maximum Gasteiger partial charge on any atom is 0.199 e. The van der Waals surface area contributed by atoms with E-state index < -0.39 is 0 Å². The first-order valence-corrected chi connectivity index (χ1v) is 6.75. The van der Waals surface area contributed by atoms with Gasteiger partial charge in [-0.25, -0.2) is 9.61 Å². The van der Waals surface area contributed by atoms with Crippen LogP contribution in [0.2, 0.25) is 0 Å². The highest BCUT2D eigenvalue weighted by atomic mass is 16.6. The summed E-state index contributed by atoms with van der Waals surface area (Å²) in [4.78, 5) is 8.75. The van der Waals surface area contributed by atoms with E-state index in [1.807, 2.05) is 6.07 Å². The number of nitrogens with zero attached hydrogens (tertiary/aromatic N) is 5. The van der Waals surface area contributed by atoms with E-state index in [1.54, 1.807) is 12.4 Å². The predicted molar refractivity (Wildman–Crippen MR) is 72.7 cm³/mol. The third kappa shape index (κ3) is 1.59. The Morgan fingerprint density at radius 2 is 2.10 bits per heavy atom. The first-order chi connectivity index (χ1) is 9.84. The summed E-state index contributed by atoms with van der Waals surface area (Å²) in [6.45, 7) is 0. The van der Waals surface area contributed by atoms with Crippen molar-refractivity contribution in [3.8, 4) is 11.5 Å². The highest BCUT2D eigenvalue weighted by Crippen LogP contribution is 2.36. The molecule has 20 heavy (non-hydrogen) atoms. The van der Waals surface area contributed by atoms with Crippen molar-refractivity contribution in [2.75, 3.05) is 5.73 Å². The number of rotatable bonds is 2. The van der Waals surface area contributed by atoms with Gasteiger partial charge in [-0.1, -0.05) is 12.8 Å². The molecule has 0 radical (unpaired) electrons. The normalized spacial score (nSPS) is 16.2. The lowest BCUT2D eigenvalue weighted by Crippen LogP contribution is -2.07. The molecule has 7 nitrogen and oxygen atoms in total. The minimum Gasteiger partial charge on any atom is -0.379 e. The molecule has 0 saturated heterocycles. The van der Waals surface area contributed by atoms with E-state index >= 15 is 0 Å². The van der Waals surface area contributed by atoms with Gasteiger partial charge in [0.1, 0.15) is 5.52 Å². The second-order valence-corrected chi connectivity index (χ2v) is 5.11. The molecular weight excluding hydrogens is 256 g/mol. The molecule has 1 aliphatic carbocycles. The van der Waals surface area contributed by atoms with Gasteiger partial charge in [0.05, 0.1) is 11.7 Å². The Morgan fingerprint density at radius 3 is 2.85 bits per heavy atom. The Morgan fingerprint density at radius 1 is 1.25 bits per heavy atom. The van der Waals surface area contributed by atoms with Crippen molar-refractivity contribution in [1.82, 2.24) is 24.8 Å². The molecular formula is C13H14N6O. The highest BCUT2D eigenvalue weighted by Gasteiger charge is 2.26. The third-order valence-electron chi connectivity index (χ3n) is 3.91. The van der Waals surface area contributed by atoms with Crippen LogP contribution >= 0.6 is 0 Å². The van der Waals surface area contributed by atoms with Crippen LogP contribution in [0.1, 0.15) is 31.7 Å². The number of aromatic nitrogens is 5. The van der Waals surface area contributed by atoms with Crippen molar-refractivity contribution in [3.05, 3.63) is 18.5 Å². The number of nitrogens with two attached hydrogens (primary N) is 1. The van der Waals surface area contributed by atoms with Crippen molar-refractivity contribution in [2.24, 2.45) is 0 Å². The van der Waals surface area contributed by atoms with Crippen LogP contribution in [0.25, 0.3) is 22.6 Å². The molecule has 2 N–H and O–H groups in total. The van der Waals surface area contributed by atoms with Gasteiger partial charge < -0.3 is 10.3 Å². The summed E-state index contributed by atoms with van der Waals surface area (Å²) in [5, 5.41) is 7.55. The first-order valence-electron chi connectivity index (χ1n) is 6.75. The lowest BCUT2D eigenvalue weighted by atomic mass is 10.2. The fourth-order valence-corrected chi connectivity index (χ4v) is 3.00. The van der Waals surface area contributed by atoms with Gasteiger partial charge in [0.25, 0.3) is 0 Å². The fraction of sp³-hybridized carbons (Fsp3) is 0.385. The summed E-state index contributed by atoms with van der Waals surface area (Å²) in [5.41, 5.74) is 8.24. The number of hydrogen-bond donors (Lipinski definition) is 1. The minimum absolute atomic E-state index is 0.271. The summed E-state index contributed by atoms with van der Waals surface area (Å²) in [6.07, 6.45) is 8.30. The average molecular weight is 270 g/mol. The van der Waals surface area contributed by atoms with Gasteiger partial charge >= 0.3 is 0 Å². The van der Waals surface area contributed by atoms with E-state index in [9.17, 15) is 0 Å². The molecule has 0 unspecified atom stereocenters. The fourth-order valence-electron chi connectivity index (χ4n) is 3.00. The van der Waals surface area contributed by atoms with Crippen molar-refractivity contribution in [2.45, 2.75) is 31.7 Å². The van der Waals surface area contributed by atoms with Crippen molar-refractivity contribution >= 4 is 16.9 Å². The van der Waals surface area contributed by atoms with Crippen LogP contribution in [0.4, 0.5) is 5.82 Å². The molecule has 0 spiro atoms. The van der Waals surface area contributed by atoms with Crippen LogP contribution in [-0.4, -0.2) is 24.8 Å². The predicted octanol–water partition coefficient (Wildman–Crippen LogP) is 2.18. The third-order valence-corrected chi connectivity index (χ3v) is 3.91. The number of hydrogen-bond acceptors (Lipinski definition) is 6. The van der Waals surface area contributed by atoms with Crippen molar-refractivity contribution in [3.63, 3.8) is 0 Å². The van der Waals surface area contributed by atoms with Crippen LogP contribution < -0.4 is 5.73 Å². The van der Waals surface area contributed by atoms with Gasteiger partial charge in [0.15, 0.2) is 17.3 Å². The quantitative estimate of drug-likeness (QED) is 0.766. The van der Waals surface area contributed by atoms with Crippen molar-refractivity contribution in [1.29, 1.82) is 0 Å². The van der Waals surface area contributed by atoms with E-state index in [1.165, 1.54) is 12.8 Å². The van der Waals surface area contributed by atoms with Gasteiger partial charge in [0.2, 0.25) is 0 Å².